The van der Waals surface area contributed by atoms with Crippen molar-refractivity contribution < 1.29 is 9.59 Å². The summed E-state index contributed by atoms with van der Waals surface area (Å²) in [7, 11) is 1.71. The largest absolute Gasteiger partial charge is 0.348 e. The van der Waals surface area contributed by atoms with Crippen LogP contribution in [0.2, 0.25) is 0 Å². The van der Waals surface area contributed by atoms with Crippen LogP contribution in [-0.2, 0) is 6.54 Å². The van der Waals surface area contributed by atoms with Crippen LogP contribution < -0.4 is 15.5 Å². The van der Waals surface area contributed by atoms with Crippen LogP contribution in [-0.4, -0.2) is 24.0 Å². The van der Waals surface area contributed by atoms with Crippen LogP contribution in [0.4, 0.5) is 5.69 Å². The molecule has 30 heavy (non-hydrogen) atoms. The Balaban J connectivity index is 1.72. The molecule has 0 atom stereocenters. The minimum atomic E-state index is -0.328. The van der Waals surface area contributed by atoms with Crippen molar-refractivity contribution in [2.75, 3.05) is 11.9 Å². The quantitative estimate of drug-likeness (QED) is 0.525. The van der Waals surface area contributed by atoms with Gasteiger partial charge in [0.1, 0.15) is 0 Å². The van der Waals surface area contributed by atoms with Gasteiger partial charge in [-0.15, -0.1) is 0 Å². The first-order chi connectivity index (χ1) is 14.5. The van der Waals surface area contributed by atoms with Crippen molar-refractivity contribution in [3.05, 3.63) is 100 Å². The summed E-state index contributed by atoms with van der Waals surface area (Å²) in [6.07, 6.45) is 0. The van der Waals surface area contributed by atoms with Gasteiger partial charge in [0.2, 0.25) is 0 Å². The number of para-hydroxylation sites is 1. The highest BCUT2D eigenvalue weighted by Crippen LogP contribution is 2.20. The van der Waals surface area contributed by atoms with E-state index in [2.05, 4.69) is 26.6 Å². The predicted octanol–water partition coefficient (Wildman–Crippen LogP) is 4.53. The number of benzene rings is 3. The van der Waals surface area contributed by atoms with Gasteiger partial charge in [-0.3, -0.25) is 14.9 Å². The number of amides is 2. The third-order valence-electron chi connectivity index (χ3n) is 4.45. The van der Waals surface area contributed by atoms with E-state index in [1.807, 2.05) is 42.5 Å². The van der Waals surface area contributed by atoms with Gasteiger partial charge in [0.05, 0.1) is 16.8 Å². The highest BCUT2D eigenvalue weighted by atomic mass is 79.9. The number of carbonyl (C=O) groups excluding carboxylic acids is 2. The van der Waals surface area contributed by atoms with Crippen molar-refractivity contribution in [1.29, 1.82) is 0 Å². The molecule has 0 saturated heterocycles. The van der Waals surface area contributed by atoms with Crippen LogP contribution in [0, 0.1) is 0 Å². The summed E-state index contributed by atoms with van der Waals surface area (Å²) in [4.78, 5) is 26.9. The number of halogens is 1. The second-order valence-corrected chi connectivity index (χ2v) is 7.72. The van der Waals surface area contributed by atoms with E-state index in [-0.39, 0.29) is 16.9 Å². The SMILES string of the molecule is CN(C(=S)NC(=O)c1ccccc1Br)c1ccccc1C(=O)NCc1ccccc1. The number of rotatable bonds is 5. The molecule has 3 rings (SSSR count). The highest BCUT2D eigenvalue weighted by Gasteiger charge is 2.19. The Morgan fingerprint density at radius 3 is 2.17 bits per heavy atom. The van der Waals surface area contributed by atoms with Gasteiger partial charge in [0.15, 0.2) is 5.11 Å². The van der Waals surface area contributed by atoms with E-state index < -0.39 is 0 Å². The smallest absolute Gasteiger partial charge is 0.258 e. The molecule has 0 radical (unpaired) electrons. The maximum Gasteiger partial charge on any atom is 0.258 e. The molecule has 0 aliphatic rings. The normalized spacial score (nSPS) is 10.2. The molecule has 0 fully saturated rings. The molecule has 0 aromatic heterocycles. The number of thiocarbonyl (C=S) groups is 1. The number of hydrogen-bond acceptors (Lipinski definition) is 3. The Bertz CT molecular complexity index is 1070. The molecule has 152 valence electrons. The summed E-state index contributed by atoms with van der Waals surface area (Å²) in [6, 6.07) is 23.9. The lowest BCUT2D eigenvalue weighted by atomic mass is 10.1. The van der Waals surface area contributed by atoms with Crippen molar-refractivity contribution >= 4 is 50.8 Å². The Hall–Kier alpha value is -3.03. The monoisotopic (exact) mass is 481 g/mol. The number of hydrogen-bond donors (Lipinski definition) is 2. The van der Waals surface area contributed by atoms with Gasteiger partial charge in [-0.25, -0.2) is 0 Å². The van der Waals surface area contributed by atoms with Crippen LogP contribution in [0.5, 0.6) is 0 Å². The van der Waals surface area contributed by atoms with E-state index in [1.54, 1.807) is 48.3 Å². The summed E-state index contributed by atoms with van der Waals surface area (Å²) in [6.45, 7) is 0.418. The molecular formula is C23H20BrN3O2S. The lowest BCUT2D eigenvalue weighted by molar-refractivity contribution is 0.0949. The van der Waals surface area contributed by atoms with Gasteiger partial charge in [0.25, 0.3) is 11.8 Å². The topological polar surface area (TPSA) is 61.4 Å². The molecule has 2 N–H and O–H groups in total. The minimum absolute atomic E-state index is 0.194. The Morgan fingerprint density at radius 2 is 1.47 bits per heavy atom. The second-order valence-electron chi connectivity index (χ2n) is 6.48. The van der Waals surface area contributed by atoms with Crippen molar-refractivity contribution in [2.45, 2.75) is 6.54 Å². The summed E-state index contributed by atoms with van der Waals surface area (Å²) in [5, 5.41) is 5.83. The van der Waals surface area contributed by atoms with Gasteiger partial charge in [-0.1, -0.05) is 54.6 Å². The van der Waals surface area contributed by atoms with Crippen molar-refractivity contribution in [1.82, 2.24) is 10.6 Å². The van der Waals surface area contributed by atoms with Crippen LogP contribution in [0.15, 0.2) is 83.3 Å². The van der Waals surface area contributed by atoms with Crippen molar-refractivity contribution in [3.8, 4) is 0 Å². The molecule has 2 amide bonds. The molecule has 7 heteroatoms. The van der Waals surface area contributed by atoms with Crippen molar-refractivity contribution in [2.24, 2.45) is 0 Å². The van der Waals surface area contributed by atoms with Gasteiger partial charge in [0, 0.05) is 18.1 Å². The molecule has 0 saturated carbocycles. The molecule has 0 spiro atoms. The molecule has 0 unspecified atom stereocenters. The Labute approximate surface area is 189 Å². The van der Waals surface area contributed by atoms with Crippen LogP contribution >= 0.6 is 28.1 Å². The number of anilines is 1. The first-order valence-corrected chi connectivity index (χ1v) is 10.4. The molecule has 0 heterocycles. The van der Waals surface area contributed by atoms with Crippen LogP contribution in [0.25, 0.3) is 0 Å². The molecule has 5 nitrogen and oxygen atoms in total. The fraction of sp³-hybridized carbons (Fsp3) is 0.0870. The van der Waals surface area contributed by atoms with Gasteiger partial charge >= 0.3 is 0 Å². The standard InChI is InChI=1S/C23H20BrN3O2S/c1-27(23(30)26-22(29)17-11-5-7-13-19(17)24)20-14-8-6-12-18(20)21(28)25-15-16-9-3-2-4-10-16/h2-14H,15H2,1H3,(H,25,28)(H,26,29,30). The third-order valence-corrected chi connectivity index (χ3v) is 5.52. The second kappa shape index (κ2) is 10.1. The maximum absolute atomic E-state index is 12.8. The molecule has 0 aliphatic carbocycles. The Morgan fingerprint density at radius 1 is 0.867 bits per heavy atom. The van der Waals surface area contributed by atoms with E-state index in [1.165, 1.54) is 0 Å². The first-order valence-electron chi connectivity index (χ1n) is 9.22. The molecule has 3 aromatic rings. The third kappa shape index (κ3) is 5.31. The summed E-state index contributed by atoms with van der Waals surface area (Å²) in [5.74, 6) is -0.549. The Kier molecular flexibility index (Phi) is 7.32. The molecule has 0 bridgehead atoms. The first kappa shape index (κ1) is 21.7. The zero-order chi connectivity index (χ0) is 21.5. The van der Waals surface area contributed by atoms with E-state index >= 15 is 0 Å². The van der Waals surface area contributed by atoms with Crippen LogP contribution in [0.3, 0.4) is 0 Å². The zero-order valence-corrected chi connectivity index (χ0v) is 18.7. The summed E-state index contributed by atoms with van der Waals surface area (Å²) in [5.41, 5.74) is 2.55. The number of nitrogens with zero attached hydrogens (tertiary/aromatic N) is 1. The number of nitrogens with one attached hydrogen (secondary N) is 2. The average molecular weight is 482 g/mol. The van der Waals surface area contributed by atoms with Gasteiger partial charge in [-0.2, -0.15) is 0 Å². The maximum atomic E-state index is 12.8. The summed E-state index contributed by atoms with van der Waals surface area (Å²) < 4.78 is 0.675. The molecular weight excluding hydrogens is 462 g/mol. The average Bonchev–Trinajstić information content (AvgIpc) is 2.77. The van der Waals surface area contributed by atoms with E-state index in [9.17, 15) is 9.59 Å². The predicted molar refractivity (Wildman–Crippen MR) is 127 cm³/mol. The van der Waals surface area contributed by atoms with E-state index in [4.69, 9.17) is 12.2 Å². The summed E-state index contributed by atoms with van der Waals surface area (Å²) >= 11 is 8.78. The lowest BCUT2D eigenvalue weighted by Gasteiger charge is -2.23. The molecule has 0 aliphatic heterocycles. The van der Waals surface area contributed by atoms with E-state index in [0.29, 0.717) is 27.8 Å². The fourth-order valence-corrected chi connectivity index (χ4v) is 3.49. The minimum Gasteiger partial charge on any atom is -0.348 e. The van der Waals surface area contributed by atoms with E-state index in [0.717, 1.165) is 5.56 Å². The van der Waals surface area contributed by atoms with Gasteiger partial charge < -0.3 is 10.2 Å². The fourth-order valence-electron chi connectivity index (χ4n) is 2.83. The number of carbonyl (C=O) groups is 2. The molecule has 3 aromatic carbocycles. The zero-order valence-electron chi connectivity index (χ0n) is 16.3. The van der Waals surface area contributed by atoms with Gasteiger partial charge in [-0.05, 0) is 58.0 Å². The highest BCUT2D eigenvalue weighted by molar-refractivity contribution is 9.10. The van der Waals surface area contributed by atoms with Crippen LogP contribution in [0.1, 0.15) is 26.3 Å². The lowest BCUT2D eigenvalue weighted by Crippen LogP contribution is -2.41. The van der Waals surface area contributed by atoms with Crippen molar-refractivity contribution in [3.63, 3.8) is 0 Å².